The summed E-state index contributed by atoms with van der Waals surface area (Å²) in [7, 11) is 0. The van der Waals surface area contributed by atoms with E-state index >= 15 is 0 Å². The Morgan fingerprint density at radius 1 is 1.27 bits per heavy atom. The molecule has 0 saturated carbocycles. The Bertz CT molecular complexity index is 660. The lowest BCUT2D eigenvalue weighted by atomic mass is 10.1. The van der Waals surface area contributed by atoms with Crippen LogP contribution in [0.5, 0.6) is 5.75 Å². The number of aromatic hydroxyl groups is 1. The predicted octanol–water partition coefficient (Wildman–Crippen LogP) is 2.96. The Hall–Kier alpha value is -1.55. The van der Waals surface area contributed by atoms with Gasteiger partial charge in [0.05, 0.1) is 6.20 Å². The first-order chi connectivity index (χ1) is 7.27. The van der Waals surface area contributed by atoms with Crippen molar-refractivity contribution in [3.63, 3.8) is 0 Å². The molecule has 3 rings (SSSR count). The first-order valence-corrected chi connectivity index (χ1v) is 5.30. The molecule has 0 unspecified atom stereocenters. The summed E-state index contributed by atoms with van der Waals surface area (Å²) in [5.41, 5.74) is 0.736. The molecule has 0 aliphatic heterocycles. The molecule has 0 fully saturated rings. The van der Waals surface area contributed by atoms with Crippen molar-refractivity contribution in [2.45, 2.75) is 0 Å². The molecule has 15 heavy (non-hydrogen) atoms. The lowest BCUT2D eigenvalue weighted by Crippen LogP contribution is -1.87. The van der Waals surface area contributed by atoms with Crippen LogP contribution in [0.1, 0.15) is 0 Å². The lowest BCUT2D eigenvalue weighted by Gasteiger charge is -2.03. The van der Waals surface area contributed by atoms with Gasteiger partial charge in [-0.25, -0.2) is 4.52 Å². The molecule has 3 aromatic rings. The van der Waals surface area contributed by atoms with E-state index in [1.807, 2.05) is 30.5 Å². The number of nitrogens with zero attached hydrogens (tertiary/aromatic N) is 2. The standard InChI is InChI=1S/C11H7BrN2O/c12-8-3-1-2-7-4-5-14-11(10(7)8)9(15)6-13-14/h1-6,15H. The van der Waals surface area contributed by atoms with E-state index in [1.165, 1.54) is 6.20 Å². The van der Waals surface area contributed by atoms with Gasteiger partial charge in [-0.3, -0.25) is 0 Å². The third-order valence-corrected chi connectivity index (χ3v) is 3.11. The molecule has 1 N–H and O–H groups in total. The highest BCUT2D eigenvalue weighted by atomic mass is 79.9. The summed E-state index contributed by atoms with van der Waals surface area (Å²) in [5.74, 6) is 0.201. The first kappa shape index (κ1) is 8.73. The second-order valence-corrected chi connectivity index (χ2v) is 4.20. The molecule has 0 aliphatic rings. The normalized spacial score (nSPS) is 11.3. The van der Waals surface area contributed by atoms with E-state index in [0.29, 0.717) is 0 Å². The van der Waals surface area contributed by atoms with Gasteiger partial charge < -0.3 is 5.11 Å². The summed E-state index contributed by atoms with van der Waals surface area (Å²) in [6, 6.07) is 7.90. The molecule has 0 bridgehead atoms. The molecule has 0 aliphatic carbocycles. The van der Waals surface area contributed by atoms with Crippen molar-refractivity contribution in [3.05, 3.63) is 41.1 Å². The van der Waals surface area contributed by atoms with Crippen molar-refractivity contribution >= 4 is 32.2 Å². The second-order valence-electron chi connectivity index (χ2n) is 3.34. The Kier molecular flexibility index (Phi) is 1.73. The number of aromatic nitrogens is 2. The fourth-order valence-corrected chi connectivity index (χ4v) is 2.36. The SMILES string of the molecule is Oc1cnn2ccc3cccc(Br)c3c12. The molecule has 0 spiro atoms. The molecule has 2 aromatic heterocycles. The highest BCUT2D eigenvalue weighted by molar-refractivity contribution is 9.10. The summed E-state index contributed by atoms with van der Waals surface area (Å²) in [4.78, 5) is 0. The zero-order valence-corrected chi connectivity index (χ0v) is 9.27. The van der Waals surface area contributed by atoms with Crippen LogP contribution in [0.15, 0.2) is 41.1 Å². The van der Waals surface area contributed by atoms with Gasteiger partial charge in [-0.1, -0.05) is 28.1 Å². The summed E-state index contributed by atoms with van der Waals surface area (Å²) >= 11 is 3.48. The lowest BCUT2D eigenvalue weighted by molar-refractivity contribution is 0.481. The number of hydrogen-bond donors (Lipinski definition) is 1. The van der Waals surface area contributed by atoms with Gasteiger partial charge in [0, 0.05) is 16.1 Å². The van der Waals surface area contributed by atoms with Gasteiger partial charge in [0.1, 0.15) is 5.52 Å². The Labute approximate surface area is 94.1 Å². The summed E-state index contributed by atoms with van der Waals surface area (Å²) < 4.78 is 2.63. The van der Waals surface area contributed by atoms with Crippen LogP contribution in [0, 0.1) is 0 Å². The number of benzene rings is 1. The average molecular weight is 263 g/mol. The van der Waals surface area contributed by atoms with E-state index < -0.39 is 0 Å². The van der Waals surface area contributed by atoms with Crippen LogP contribution in [0.25, 0.3) is 16.3 Å². The molecule has 2 heterocycles. The minimum atomic E-state index is 0.201. The fourth-order valence-electron chi connectivity index (χ4n) is 1.79. The quantitative estimate of drug-likeness (QED) is 0.677. The van der Waals surface area contributed by atoms with Gasteiger partial charge in [-0.15, -0.1) is 0 Å². The van der Waals surface area contributed by atoms with E-state index in [1.54, 1.807) is 4.52 Å². The number of hydrogen-bond acceptors (Lipinski definition) is 2. The van der Waals surface area contributed by atoms with Crippen LogP contribution in [0.2, 0.25) is 0 Å². The van der Waals surface area contributed by atoms with Crippen LogP contribution >= 0.6 is 15.9 Å². The topological polar surface area (TPSA) is 37.5 Å². The highest BCUT2D eigenvalue weighted by Crippen LogP contribution is 2.32. The van der Waals surface area contributed by atoms with Gasteiger partial charge in [0.25, 0.3) is 0 Å². The van der Waals surface area contributed by atoms with Crippen LogP contribution in [0.3, 0.4) is 0 Å². The van der Waals surface area contributed by atoms with Crippen molar-refractivity contribution in [1.82, 2.24) is 9.61 Å². The van der Waals surface area contributed by atoms with Gasteiger partial charge in [-0.2, -0.15) is 5.10 Å². The molecule has 0 saturated heterocycles. The third kappa shape index (κ3) is 1.15. The molecule has 1 aromatic carbocycles. The van der Waals surface area contributed by atoms with Crippen molar-refractivity contribution in [1.29, 1.82) is 0 Å². The van der Waals surface area contributed by atoms with Crippen LogP contribution in [-0.4, -0.2) is 14.7 Å². The maximum Gasteiger partial charge on any atom is 0.162 e. The van der Waals surface area contributed by atoms with Crippen LogP contribution < -0.4 is 0 Å². The van der Waals surface area contributed by atoms with Gasteiger partial charge >= 0.3 is 0 Å². The maximum absolute atomic E-state index is 9.73. The molecule has 0 amide bonds. The Morgan fingerprint density at radius 3 is 3.00 bits per heavy atom. The Balaban J connectivity index is 2.68. The average Bonchev–Trinajstić information content (AvgIpc) is 2.61. The zero-order chi connectivity index (χ0) is 10.4. The minimum Gasteiger partial charge on any atom is -0.504 e. The third-order valence-electron chi connectivity index (χ3n) is 2.45. The summed E-state index contributed by atoms with van der Waals surface area (Å²) in [6.07, 6.45) is 3.29. The number of pyridine rings is 1. The molecule has 74 valence electrons. The second kappa shape index (κ2) is 2.97. The number of rotatable bonds is 0. The van der Waals surface area contributed by atoms with Gasteiger partial charge in [-0.05, 0) is 17.5 Å². The summed E-state index contributed by atoms with van der Waals surface area (Å²) in [6.45, 7) is 0. The van der Waals surface area contributed by atoms with Crippen molar-refractivity contribution < 1.29 is 5.11 Å². The van der Waals surface area contributed by atoms with Crippen molar-refractivity contribution in [3.8, 4) is 5.75 Å². The van der Waals surface area contributed by atoms with E-state index in [-0.39, 0.29) is 5.75 Å². The van der Waals surface area contributed by atoms with E-state index in [4.69, 9.17) is 0 Å². The van der Waals surface area contributed by atoms with E-state index in [2.05, 4.69) is 21.0 Å². The highest BCUT2D eigenvalue weighted by Gasteiger charge is 2.08. The summed E-state index contributed by atoms with van der Waals surface area (Å²) in [5, 5.41) is 15.8. The number of halogens is 1. The van der Waals surface area contributed by atoms with Crippen molar-refractivity contribution in [2.24, 2.45) is 0 Å². The smallest absolute Gasteiger partial charge is 0.162 e. The molecule has 4 heteroatoms. The fraction of sp³-hybridized carbons (Fsp3) is 0. The molecular weight excluding hydrogens is 256 g/mol. The van der Waals surface area contributed by atoms with E-state index in [9.17, 15) is 5.11 Å². The van der Waals surface area contributed by atoms with Crippen LogP contribution in [0.4, 0.5) is 0 Å². The van der Waals surface area contributed by atoms with Crippen molar-refractivity contribution in [2.75, 3.05) is 0 Å². The maximum atomic E-state index is 9.73. The van der Waals surface area contributed by atoms with Gasteiger partial charge in [0.2, 0.25) is 0 Å². The minimum absolute atomic E-state index is 0.201. The first-order valence-electron chi connectivity index (χ1n) is 4.51. The molecule has 0 radical (unpaired) electrons. The largest absolute Gasteiger partial charge is 0.504 e. The molecule has 3 nitrogen and oxygen atoms in total. The zero-order valence-electron chi connectivity index (χ0n) is 7.68. The number of fused-ring (bicyclic) bond motifs is 3. The Morgan fingerprint density at radius 2 is 2.13 bits per heavy atom. The van der Waals surface area contributed by atoms with Crippen LogP contribution in [-0.2, 0) is 0 Å². The monoisotopic (exact) mass is 262 g/mol. The molecule has 0 atom stereocenters. The molecular formula is C11H7BrN2O. The van der Waals surface area contributed by atoms with Gasteiger partial charge in [0.15, 0.2) is 5.75 Å². The predicted molar refractivity (Wildman–Crippen MR) is 62.1 cm³/mol. The van der Waals surface area contributed by atoms with E-state index in [0.717, 1.165) is 20.8 Å².